The lowest BCUT2D eigenvalue weighted by molar-refractivity contribution is -0.117. The van der Waals surface area contributed by atoms with Crippen LogP contribution >= 0.6 is 12.4 Å². The Kier molecular flexibility index (Phi) is 7.38. The molecule has 146 valence electrons. The van der Waals surface area contributed by atoms with Crippen molar-refractivity contribution in [3.05, 3.63) is 59.7 Å². The van der Waals surface area contributed by atoms with Crippen molar-refractivity contribution in [1.29, 1.82) is 0 Å². The summed E-state index contributed by atoms with van der Waals surface area (Å²) < 4.78 is 26.8. The van der Waals surface area contributed by atoms with Crippen LogP contribution in [-0.4, -0.2) is 27.4 Å². The first-order valence-corrected chi connectivity index (χ1v) is 10.2. The highest BCUT2D eigenvalue weighted by Gasteiger charge is 2.26. The second-order valence-corrected chi connectivity index (χ2v) is 8.11. The number of halogens is 1. The summed E-state index contributed by atoms with van der Waals surface area (Å²) in [5.74, 6) is -0.322. The van der Waals surface area contributed by atoms with Crippen LogP contribution in [-0.2, 0) is 21.2 Å². The molecule has 0 fully saturated rings. The molecule has 0 aromatic heterocycles. The number of nitrogens with two attached hydrogens (primary N) is 1. The summed E-state index contributed by atoms with van der Waals surface area (Å²) in [5.41, 5.74) is 8.08. The fourth-order valence-corrected chi connectivity index (χ4v) is 4.37. The van der Waals surface area contributed by atoms with E-state index < -0.39 is 10.0 Å². The van der Waals surface area contributed by atoms with Crippen LogP contribution in [0.25, 0.3) is 0 Å². The Labute approximate surface area is 166 Å². The predicted molar refractivity (Wildman–Crippen MR) is 109 cm³/mol. The van der Waals surface area contributed by atoms with Gasteiger partial charge in [0.05, 0.1) is 10.8 Å². The molecule has 0 saturated heterocycles. The Balaban J connectivity index is 0.00000261. The SMILES string of the molecule is Cl.NCCNS(=O)(=O)c1cccc(NC(=O)C2CCCc3ccccc32)c1. The van der Waals surface area contributed by atoms with E-state index in [0.717, 1.165) is 24.8 Å². The van der Waals surface area contributed by atoms with E-state index in [-0.39, 0.29) is 42.2 Å². The molecule has 6 nitrogen and oxygen atoms in total. The molecule has 0 saturated carbocycles. The summed E-state index contributed by atoms with van der Waals surface area (Å²) in [5, 5.41) is 2.87. The molecule has 2 aromatic rings. The highest BCUT2D eigenvalue weighted by molar-refractivity contribution is 7.89. The number of nitrogens with one attached hydrogen (secondary N) is 2. The van der Waals surface area contributed by atoms with E-state index in [9.17, 15) is 13.2 Å². The van der Waals surface area contributed by atoms with Gasteiger partial charge < -0.3 is 11.1 Å². The zero-order valence-electron chi connectivity index (χ0n) is 14.9. The van der Waals surface area contributed by atoms with Gasteiger partial charge in [0.15, 0.2) is 0 Å². The summed E-state index contributed by atoms with van der Waals surface area (Å²) in [6.45, 7) is 0.383. The molecule has 0 bridgehead atoms. The van der Waals surface area contributed by atoms with Gasteiger partial charge in [-0.05, 0) is 48.6 Å². The van der Waals surface area contributed by atoms with Crippen molar-refractivity contribution in [2.75, 3.05) is 18.4 Å². The minimum Gasteiger partial charge on any atom is -0.329 e. The molecule has 2 aromatic carbocycles. The van der Waals surface area contributed by atoms with E-state index in [1.54, 1.807) is 12.1 Å². The number of sulfonamides is 1. The topological polar surface area (TPSA) is 101 Å². The maximum atomic E-state index is 12.8. The first kappa shape index (κ1) is 21.4. The third-order valence-electron chi connectivity index (χ3n) is 4.53. The summed E-state index contributed by atoms with van der Waals surface area (Å²) in [4.78, 5) is 12.9. The minimum atomic E-state index is -3.64. The van der Waals surface area contributed by atoms with Gasteiger partial charge in [0.25, 0.3) is 0 Å². The molecule has 8 heteroatoms. The summed E-state index contributed by atoms with van der Waals surface area (Å²) in [6.07, 6.45) is 2.74. The molecule has 27 heavy (non-hydrogen) atoms. The Morgan fingerprint density at radius 1 is 1.15 bits per heavy atom. The van der Waals surface area contributed by atoms with Gasteiger partial charge >= 0.3 is 0 Å². The van der Waals surface area contributed by atoms with Crippen molar-refractivity contribution in [2.24, 2.45) is 5.73 Å². The lowest BCUT2D eigenvalue weighted by atomic mass is 9.82. The molecule has 0 aliphatic heterocycles. The Morgan fingerprint density at radius 2 is 1.93 bits per heavy atom. The Bertz CT molecular complexity index is 903. The number of carbonyl (C=O) groups is 1. The third kappa shape index (κ3) is 5.07. The number of carbonyl (C=O) groups excluding carboxylic acids is 1. The van der Waals surface area contributed by atoms with E-state index in [1.165, 1.54) is 17.7 Å². The maximum Gasteiger partial charge on any atom is 0.240 e. The molecule has 0 spiro atoms. The zero-order valence-corrected chi connectivity index (χ0v) is 16.5. The third-order valence-corrected chi connectivity index (χ3v) is 5.99. The van der Waals surface area contributed by atoms with Crippen molar-refractivity contribution >= 4 is 34.0 Å². The van der Waals surface area contributed by atoms with Crippen LogP contribution in [0.2, 0.25) is 0 Å². The van der Waals surface area contributed by atoms with Crippen LogP contribution < -0.4 is 15.8 Å². The van der Waals surface area contributed by atoms with Crippen molar-refractivity contribution in [3.63, 3.8) is 0 Å². The van der Waals surface area contributed by atoms with Crippen molar-refractivity contribution in [3.8, 4) is 0 Å². The highest BCUT2D eigenvalue weighted by atomic mass is 35.5. The molecule has 0 heterocycles. The summed E-state index contributed by atoms with van der Waals surface area (Å²) >= 11 is 0. The number of hydrogen-bond donors (Lipinski definition) is 3. The average Bonchev–Trinajstić information content (AvgIpc) is 2.66. The molecule has 1 unspecified atom stereocenters. The van der Waals surface area contributed by atoms with Crippen LogP contribution in [0.1, 0.15) is 29.9 Å². The fraction of sp³-hybridized carbons (Fsp3) is 0.316. The van der Waals surface area contributed by atoms with E-state index in [0.29, 0.717) is 5.69 Å². The molecule has 0 radical (unpaired) electrons. The molecule has 1 aliphatic rings. The minimum absolute atomic E-state index is 0. The van der Waals surface area contributed by atoms with E-state index >= 15 is 0 Å². The molecule has 3 rings (SSSR count). The highest BCUT2D eigenvalue weighted by Crippen LogP contribution is 2.32. The molecule has 1 aliphatic carbocycles. The van der Waals surface area contributed by atoms with Crippen LogP contribution in [0.3, 0.4) is 0 Å². The van der Waals surface area contributed by atoms with Crippen LogP contribution in [0.4, 0.5) is 5.69 Å². The van der Waals surface area contributed by atoms with Gasteiger partial charge in [-0.3, -0.25) is 4.79 Å². The Hall–Kier alpha value is -1.93. The smallest absolute Gasteiger partial charge is 0.240 e. The fourth-order valence-electron chi connectivity index (χ4n) is 3.27. The largest absolute Gasteiger partial charge is 0.329 e. The van der Waals surface area contributed by atoms with Crippen LogP contribution in [0, 0.1) is 0 Å². The zero-order chi connectivity index (χ0) is 18.6. The lowest BCUT2D eigenvalue weighted by Gasteiger charge is -2.24. The summed E-state index contributed by atoms with van der Waals surface area (Å²) in [6, 6.07) is 14.2. The van der Waals surface area contributed by atoms with Crippen LogP contribution in [0.5, 0.6) is 0 Å². The first-order chi connectivity index (χ1) is 12.5. The van der Waals surface area contributed by atoms with Gasteiger partial charge in [0.1, 0.15) is 0 Å². The van der Waals surface area contributed by atoms with Gasteiger partial charge in [0.2, 0.25) is 15.9 Å². The standard InChI is InChI=1S/C19H23N3O3S.ClH/c20-11-12-21-26(24,25)16-8-4-7-15(13-16)22-19(23)18-10-3-6-14-5-1-2-9-17(14)18;/h1-2,4-5,7-9,13,18,21H,3,6,10-12,20H2,(H,22,23);1H. The van der Waals surface area contributed by atoms with Gasteiger partial charge in [-0.25, -0.2) is 13.1 Å². The van der Waals surface area contributed by atoms with Crippen molar-refractivity contribution in [2.45, 2.75) is 30.1 Å². The molecular weight excluding hydrogens is 386 g/mol. The van der Waals surface area contributed by atoms with Gasteiger partial charge in [0, 0.05) is 18.8 Å². The first-order valence-electron chi connectivity index (χ1n) is 8.70. The van der Waals surface area contributed by atoms with E-state index in [4.69, 9.17) is 5.73 Å². The number of hydrogen-bond acceptors (Lipinski definition) is 4. The van der Waals surface area contributed by atoms with E-state index in [2.05, 4.69) is 16.1 Å². The van der Waals surface area contributed by atoms with Crippen molar-refractivity contribution in [1.82, 2.24) is 4.72 Å². The number of fused-ring (bicyclic) bond motifs is 1. The van der Waals surface area contributed by atoms with Gasteiger partial charge in [-0.1, -0.05) is 30.3 Å². The quantitative estimate of drug-likeness (QED) is 0.681. The van der Waals surface area contributed by atoms with Gasteiger partial charge in [-0.2, -0.15) is 0 Å². The molecular formula is C19H24ClN3O3S. The number of benzene rings is 2. The lowest BCUT2D eigenvalue weighted by Crippen LogP contribution is -2.29. The Morgan fingerprint density at radius 3 is 2.70 bits per heavy atom. The van der Waals surface area contributed by atoms with E-state index in [1.807, 2.05) is 18.2 Å². The molecule has 1 atom stereocenters. The maximum absolute atomic E-state index is 12.8. The summed E-state index contributed by atoms with van der Waals surface area (Å²) in [7, 11) is -3.64. The predicted octanol–water partition coefficient (Wildman–Crippen LogP) is 2.40. The average molecular weight is 410 g/mol. The molecule has 1 amide bonds. The second kappa shape index (κ2) is 9.32. The number of amides is 1. The number of anilines is 1. The second-order valence-electron chi connectivity index (χ2n) is 6.35. The van der Waals surface area contributed by atoms with Gasteiger partial charge in [-0.15, -0.1) is 12.4 Å². The van der Waals surface area contributed by atoms with Crippen molar-refractivity contribution < 1.29 is 13.2 Å². The molecule has 4 N–H and O–H groups in total. The monoisotopic (exact) mass is 409 g/mol. The number of aryl methyl sites for hydroxylation is 1. The number of rotatable bonds is 6. The normalized spacial score (nSPS) is 16.1. The van der Waals surface area contributed by atoms with Crippen LogP contribution in [0.15, 0.2) is 53.4 Å².